The van der Waals surface area contributed by atoms with Gasteiger partial charge in [0.15, 0.2) is 0 Å². The maximum Gasteiger partial charge on any atom is 0.434 e. The molecule has 28 heavy (non-hydrogen) atoms. The summed E-state index contributed by atoms with van der Waals surface area (Å²) in [6.45, 7) is 4.14. The number of ether oxygens (including phenoxy) is 1. The van der Waals surface area contributed by atoms with Gasteiger partial charge in [-0.15, -0.1) is 0 Å². The molecule has 0 atom stereocenters. The first-order valence-electron chi connectivity index (χ1n) is 8.01. The van der Waals surface area contributed by atoms with Crippen LogP contribution in [0.2, 0.25) is 0 Å². The highest BCUT2D eigenvalue weighted by atomic mass is 19.4. The Morgan fingerprint density at radius 2 is 1.71 bits per heavy atom. The molecule has 152 valence electrons. The van der Waals surface area contributed by atoms with Crippen LogP contribution in [0, 0.1) is 12.1 Å². The van der Waals surface area contributed by atoms with Crippen molar-refractivity contribution in [2.24, 2.45) is 0 Å². The first-order valence-corrected chi connectivity index (χ1v) is 8.01. The van der Waals surface area contributed by atoms with E-state index in [1.165, 1.54) is 11.0 Å². The predicted molar refractivity (Wildman–Crippen MR) is 87.3 cm³/mol. The molecule has 0 aliphatic heterocycles. The third kappa shape index (κ3) is 5.51. The monoisotopic (exact) mass is 407 g/mol. The summed E-state index contributed by atoms with van der Waals surface area (Å²) in [6, 6.07) is 8.84. The van der Waals surface area contributed by atoms with E-state index < -0.39 is 24.5 Å². The normalized spacial score (nSPS) is 11.9. The Balaban J connectivity index is 2.44. The average Bonchev–Trinajstić information content (AvgIpc) is 2.60. The van der Waals surface area contributed by atoms with Crippen LogP contribution < -0.4 is 15.0 Å². The van der Waals surface area contributed by atoms with E-state index >= 15 is 0 Å². The van der Waals surface area contributed by atoms with Gasteiger partial charge >= 0.3 is 18.4 Å². The number of hydrogen-bond donors (Lipinski definition) is 1. The quantitative estimate of drug-likeness (QED) is 0.702. The fraction of sp³-hybridized carbons (Fsp3) is 0.438. The van der Waals surface area contributed by atoms with Crippen LogP contribution in [0.25, 0.3) is 0 Å². The first-order chi connectivity index (χ1) is 13.0. The van der Waals surface area contributed by atoms with Crippen molar-refractivity contribution < 1.29 is 31.1 Å². The minimum atomic E-state index is -5.70. The lowest BCUT2D eigenvalue weighted by Gasteiger charge is -2.24. The predicted octanol–water partition coefficient (Wildman–Crippen LogP) is 3.93. The fourth-order valence-corrected chi connectivity index (χ4v) is 2.07. The van der Waals surface area contributed by atoms with Crippen molar-refractivity contribution in [2.45, 2.75) is 32.3 Å². The molecule has 0 spiro atoms. The number of rotatable bonds is 7. The molecule has 1 N–H and O–H groups in total. The molecule has 0 radical (unpaired) electrons. The van der Waals surface area contributed by atoms with Gasteiger partial charge in [0.25, 0.3) is 6.10 Å². The minimum absolute atomic E-state index is 0.138. The van der Waals surface area contributed by atoms with Crippen molar-refractivity contribution in [3.05, 3.63) is 30.3 Å². The van der Waals surface area contributed by atoms with E-state index in [0.29, 0.717) is 18.8 Å². The third-order valence-electron chi connectivity index (χ3n) is 3.36. The summed E-state index contributed by atoms with van der Waals surface area (Å²) in [6.07, 6.45) is -15.5. The van der Waals surface area contributed by atoms with Gasteiger partial charge in [0.05, 0.1) is 5.69 Å². The molecular formula is C16H15F6N5O. The van der Waals surface area contributed by atoms with Crippen LogP contribution in [-0.4, -0.2) is 46.5 Å². The molecule has 1 aromatic carbocycles. The fourth-order valence-electron chi connectivity index (χ4n) is 2.07. The van der Waals surface area contributed by atoms with Gasteiger partial charge < -0.3 is 15.0 Å². The van der Waals surface area contributed by atoms with Crippen LogP contribution in [0.5, 0.6) is 6.01 Å². The van der Waals surface area contributed by atoms with Gasteiger partial charge in [-0.05, 0) is 32.0 Å². The zero-order valence-corrected chi connectivity index (χ0v) is 14.7. The smallest absolute Gasteiger partial charge is 0.434 e. The molecule has 0 amide bonds. The second-order valence-electron chi connectivity index (χ2n) is 5.33. The molecule has 1 aromatic heterocycles. The van der Waals surface area contributed by atoms with Gasteiger partial charge in [-0.3, -0.25) is 0 Å². The van der Waals surface area contributed by atoms with E-state index in [0.717, 1.165) is 0 Å². The SMILES string of the molecule is CCN(CC)c1nc(Nc2c#cccc2)nc(OC(C(F)(F)F)C(F)(F)F)n1. The maximum absolute atomic E-state index is 12.8. The largest absolute Gasteiger partial charge is 0.440 e. The number of halogens is 6. The van der Waals surface area contributed by atoms with E-state index in [1.807, 2.05) is 0 Å². The highest BCUT2D eigenvalue weighted by Crippen LogP contribution is 2.36. The van der Waals surface area contributed by atoms with E-state index in [4.69, 9.17) is 0 Å². The van der Waals surface area contributed by atoms with Crippen LogP contribution in [0.1, 0.15) is 13.8 Å². The third-order valence-corrected chi connectivity index (χ3v) is 3.36. The summed E-state index contributed by atoms with van der Waals surface area (Å²) in [5, 5.41) is 2.62. The van der Waals surface area contributed by atoms with Crippen LogP contribution in [0.3, 0.4) is 0 Å². The maximum atomic E-state index is 12.8. The molecule has 0 unspecified atom stereocenters. The zero-order valence-electron chi connectivity index (χ0n) is 14.7. The lowest BCUT2D eigenvalue weighted by atomic mass is 10.3. The van der Waals surface area contributed by atoms with E-state index in [2.05, 4.69) is 37.1 Å². The Morgan fingerprint density at radius 3 is 2.21 bits per heavy atom. The van der Waals surface area contributed by atoms with Gasteiger partial charge in [0, 0.05) is 13.1 Å². The molecule has 0 aliphatic carbocycles. The highest BCUT2D eigenvalue weighted by molar-refractivity contribution is 5.52. The van der Waals surface area contributed by atoms with Crippen molar-refractivity contribution in [1.29, 1.82) is 0 Å². The Bertz CT molecular complexity index is 750. The number of nitrogens with zero attached hydrogens (tertiary/aromatic N) is 4. The molecule has 1 heterocycles. The lowest BCUT2D eigenvalue weighted by Crippen LogP contribution is -2.47. The summed E-state index contributed by atoms with van der Waals surface area (Å²) in [7, 11) is 0. The van der Waals surface area contributed by atoms with Gasteiger partial charge in [-0.1, -0.05) is 12.1 Å². The van der Waals surface area contributed by atoms with Crippen molar-refractivity contribution in [3.63, 3.8) is 0 Å². The Morgan fingerprint density at radius 1 is 1.07 bits per heavy atom. The van der Waals surface area contributed by atoms with Crippen molar-refractivity contribution in [2.75, 3.05) is 23.3 Å². The summed E-state index contributed by atoms with van der Waals surface area (Å²) in [5.41, 5.74) is 0.299. The van der Waals surface area contributed by atoms with E-state index in [9.17, 15) is 26.3 Å². The van der Waals surface area contributed by atoms with Crippen LogP contribution in [-0.2, 0) is 0 Å². The van der Waals surface area contributed by atoms with Crippen molar-refractivity contribution >= 4 is 17.6 Å². The number of nitrogens with one attached hydrogen (secondary N) is 1. The van der Waals surface area contributed by atoms with Crippen LogP contribution in [0.15, 0.2) is 18.2 Å². The molecule has 0 aliphatic rings. The van der Waals surface area contributed by atoms with Crippen molar-refractivity contribution in [3.8, 4) is 6.01 Å². The molecule has 0 saturated carbocycles. The standard InChI is InChI=1S/C16H15F6N5O/c1-3-27(4-2)13-24-12(23-10-8-6-5-7-9-10)25-14(26-13)28-11(15(17,18)19)16(20,21)22/h5-6,8,11H,3-4H2,1-2H3,(H,23,24,25,26). The van der Waals surface area contributed by atoms with Crippen LogP contribution in [0.4, 0.5) is 43.9 Å². The van der Waals surface area contributed by atoms with E-state index in [1.54, 1.807) is 26.0 Å². The van der Waals surface area contributed by atoms with Gasteiger partial charge in [0.2, 0.25) is 11.9 Å². The summed E-state index contributed by atoms with van der Waals surface area (Å²) < 4.78 is 80.8. The van der Waals surface area contributed by atoms with Crippen LogP contribution >= 0.6 is 0 Å². The Labute approximate surface area is 156 Å². The van der Waals surface area contributed by atoms with E-state index in [-0.39, 0.29) is 11.9 Å². The van der Waals surface area contributed by atoms with Gasteiger partial charge in [0.1, 0.15) is 0 Å². The molecular weight excluding hydrogens is 392 g/mol. The molecule has 12 heteroatoms. The summed E-state index contributed by atoms with van der Waals surface area (Å²) >= 11 is 0. The molecule has 2 aromatic rings. The number of aromatic nitrogens is 3. The zero-order chi connectivity index (χ0) is 20.9. The second kappa shape index (κ2) is 8.37. The molecule has 0 bridgehead atoms. The topological polar surface area (TPSA) is 63.2 Å². The molecule has 0 saturated heterocycles. The lowest BCUT2D eigenvalue weighted by molar-refractivity contribution is -0.301. The summed E-state index contributed by atoms with van der Waals surface area (Å²) in [4.78, 5) is 12.7. The van der Waals surface area contributed by atoms with Crippen molar-refractivity contribution in [1.82, 2.24) is 15.0 Å². The number of hydrogen-bond acceptors (Lipinski definition) is 6. The Kier molecular flexibility index (Phi) is 6.37. The van der Waals surface area contributed by atoms with Gasteiger partial charge in [-0.2, -0.15) is 41.3 Å². The van der Waals surface area contributed by atoms with Gasteiger partial charge in [-0.25, -0.2) is 0 Å². The summed E-state index contributed by atoms with van der Waals surface area (Å²) in [5.74, 6) is -0.439. The first kappa shape index (κ1) is 21.3. The molecule has 0 fully saturated rings. The average molecular weight is 407 g/mol. The number of anilines is 3. The minimum Gasteiger partial charge on any atom is -0.440 e. The number of alkyl halides is 6. The Hall–Kier alpha value is -2.97. The molecule has 6 nitrogen and oxygen atoms in total. The second-order valence-corrected chi connectivity index (χ2v) is 5.33. The molecule has 2 rings (SSSR count). The highest BCUT2D eigenvalue weighted by Gasteiger charge is 2.59.